The van der Waals surface area contributed by atoms with Crippen molar-refractivity contribution in [3.63, 3.8) is 0 Å². The molecule has 0 bridgehead atoms. The van der Waals surface area contributed by atoms with Crippen LogP contribution in [0.15, 0.2) is 36.4 Å². The highest BCUT2D eigenvalue weighted by Crippen LogP contribution is 2.32. The number of hydrogen-bond acceptors (Lipinski definition) is 8. The van der Waals surface area contributed by atoms with Crippen LogP contribution in [0.5, 0.6) is 11.5 Å². The molecule has 0 unspecified atom stereocenters. The van der Waals surface area contributed by atoms with E-state index >= 15 is 0 Å². The predicted molar refractivity (Wildman–Crippen MR) is 86.1 cm³/mol. The summed E-state index contributed by atoms with van der Waals surface area (Å²) in [5.41, 5.74) is 0.00113. The molecule has 9 nitrogen and oxygen atoms in total. The molecular weight excluding hydrogens is 346 g/mol. The lowest BCUT2D eigenvalue weighted by atomic mass is 10.1. The summed E-state index contributed by atoms with van der Waals surface area (Å²) < 4.78 is 20.1. The quantitative estimate of drug-likeness (QED) is 0.454. The monoisotopic (exact) mass is 359 g/mol. The summed E-state index contributed by atoms with van der Waals surface area (Å²) in [6.45, 7) is 0.0499. The number of rotatable bonds is 5. The van der Waals surface area contributed by atoms with E-state index in [4.69, 9.17) is 14.2 Å². The summed E-state index contributed by atoms with van der Waals surface area (Å²) in [7, 11) is 1.14. The number of esters is 2. The second-order valence-corrected chi connectivity index (χ2v) is 5.28. The lowest BCUT2D eigenvalue weighted by Gasteiger charge is -2.07. The molecular formula is C17H13NO8. The van der Waals surface area contributed by atoms with Gasteiger partial charge in [0, 0.05) is 12.1 Å². The summed E-state index contributed by atoms with van der Waals surface area (Å²) in [6.07, 6.45) is 0. The minimum atomic E-state index is -0.809. The van der Waals surface area contributed by atoms with Crippen LogP contribution in [0.4, 0.5) is 5.69 Å². The molecule has 2 aromatic rings. The van der Waals surface area contributed by atoms with Crippen LogP contribution in [0, 0.1) is 10.1 Å². The van der Waals surface area contributed by atoms with Crippen molar-refractivity contribution in [1.29, 1.82) is 0 Å². The van der Waals surface area contributed by atoms with Crippen molar-refractivity contribution in [1.82, 2.24) is 0 Å². The van der Waals surface area contributed by atoms with E-state index in [2.05, 4.69) is 4.74 Å². The second kappa shape index (κ2) is 7.09. The van der Waals surface area contributed by atoms with Crippen LogP contribution in [-0.4, -0.2) is 30.8 Å². The van der Waals surface area contributed by atoms with E-state index < -0.39 is 22.5 Å². The molecule has 0 radical (unpaired) electrons. The van der Waals surface area contributed by atoms with Crippen molar-refractivity contribution < 1.29 is 33.5 Å². The molecule has 0 atom stereocenters. The number of nitro benzene ring substituents is 1. The number of non-ortho nitro benzene ring substituents is 1. The fourth-order valence-electron chi connectivity index (χ4n) is 2.33. The van der Waals surface area contributed by atoms with Gasteiger partial charge in [0.15, 0.2) is 11.5 Å². The Labute approximate surface area is 147 Å². The Morgan fingerprint density at radius 3 is 2.46 bits per heavy atom. The Bertz CT molecular complexity index is 892. The van der Waals surface area contributed by atoms with Gasteiger partial charge in [-0.05, 0) is 23.8 Å². The molecule has 0 saturated heterocycles. The van der Waals surface area contributed by atoms with E-state index in [0.717, 1.165) is 19.2 Å². The first kappa shape index (κ1) is 17.2. The number of carbonyl (C=O) groups is 2. The van der Waals surface area contributed by atoms with Crippen LogP contribution in [0.3, 0.4) is 0 Å². The lowest BCUT2D eigenvalue weighted by Crippen LogP contribution is -2.09. The number of ether oxygens (including phenoxy) is 4. The molecule has 0 saturated carbocycles. The maximum absolute atomic E-state index is 12.2. The van der Waals surface area contributed by atoms with Crippen molar-refractivity contribution in [3.05, 3.63) is 63.2 Å². The van der Waals surface area contributed by atoms with Crippen molar-refractivity contribution in [2.45, 2.75) is 6.61 Å². The molecule has 0 amide bonds. The molecule has 0 N–H and O–H groups in total. The van der Waals surface area contributed by atoms with Gasteiger partial charge < -0.3 is 18.9 Å². The van der Waals surface area contributed by atoms with Crippen LogP contribution in [0.2, 0.25) is 0 Å². The molecule has 0 aliphatic carbocycles. The number of nitrogens with zero attached hydrogens (tertiary/aromatic N) is 1. The molecule has 0 fully saturated rings. The smallest absolute Gasteiger partial charge is 0.338 e. The van der Waals surface area contributed by atoms with Gasteiger partial charge in [-0.3, -0.25) is 10.1 Å². The third-order valence-electron chi connectivity index (χ3n) is 3.59. The lowest BCUT2D eigenvalue weighted by molar-refractivity contribution is -0.384. The van der Waals surface area contributed by atoms with Gasteiger partial charge in [-0.1, -0.05) is 6.07 Å². The fourth-order valence-corrected chi connectivity index (χ4v) is 2.33. The van der Waals surface area contributed by atoms with Crippen LogP contribution < -0.4 is 9.47 Å². The van der Waals surface area contributed by atoms with Gasteiger partial charge in [0.05, 0.1) is 23.2 Å². The molecule has 0 aromatic heterocycles. The van der Waals surface area contributed by atoms with Crippen LogP contribution in [0.1, 0.15) is 26.3 Å². The fraction of sp³-hybridized carbons (Fsp3) is 0.176. The minimum absolute atomic E-state index is 0.0777. The average Bonchev–Trinajstić information content (AvgIpc) is 3.12. The van der Waals surface area contributed by atoms with Crippen molar-refractivity contribution in [2.24, 2.45) is 0 Å². The van der Waals surface area contributed by atoms with Gasteiger partial charge in [0.2, 0.25) is 6.79 Å². The first-order chi connectivity index (χ1) is 12.5. The number of nitro groups is 1. The average molecular weight is 359 g/mol. The number of fused-ring (bicyclic) bond motifs is 1. The topological polar surface area (TPSA) is 114 Å². The van der Waals surface area contributed by atoms with Crippen LogP contribution >= 0.6 is 0 Å². The number of carbonyl (C=O) groups excluding carboxylic acids is 2. The van der Waals surface area contributed by atoms with Gasteiger partial charge in [-0.2, -0.15) is 0 Å². The van der Waals surface area contributed by atoms with Gasteiger partial charge in [-0.15, -0.1) is 0 Å². The van der Waals surface area contributed by atoms with Crippen molar-refractivity contribution >= 4 is 17.6 Å². The Morgan fingerprint density at radius 1 is 1.08 bits per heavy atom. The number of hydrogen-bond donors (Lipinski definition) is 0. The normalized spacial score (nSPS) is 11.7. The van der Waals surface area contributed by atoms with E-state index in [-0.39, 0.29) is 24.5 Å². The van der Waals surface area contributed by atoms with Gasteiger partial charge in [0.25, 0.3) is 5.69 Å². The summed E-state index contributed by atoms with van der Waals surface area (Å²) in [5, 5.41) is 11.0. The van der Waals surface area contributed by atoms with Gasteiger partial charge in [-0.25, -0.2) is 9.59 Å². The maximum Gasteiger partial charge on any atom is 0.338 e. The number of benzene rings is 2. The van der Waals surface area contributed by atoms with E-state index in [1.54, 1.807) is 18.2 Å². The first-order valence-corrected chi connectivity index (χ1v) is 7.41. The Hall–Kier alpha value is -3.62. The molecule has 134 valence electrons. The summed E-state index contributed by atoms with van der Waals surface area (Å²) in [5.74, 6) is -0.460. The summed E-state index contributed by atoms with van der Waals surface area (Å²) >= 11 is 0. The Balaban J connectivity index is 1.77. The molecule has 0 spiro atoms. The highest BCUT2D eigenvalue weighted by Gasteiger charge is 2.20. The summed E-state index contributed by atoms with van der Waals surface area (Å²) in [4.78, 5) is 34.2. The first-order valence-electron chi connectivity index (χ1n) is 7.41. The third kappa shape index (κ3) is 3.56. The minimum Gasteiger partial charge on any atom is -0.465 e. The highest BCUT2D eigenvalue weighted by molar-refractivity contribution is 5.96. The molecule has 26 heavy (non-hydrogen) atoms. The molecule has 1 aliphatic heterocycles. The number of methoxy groups -OCH3 is 1. The maximum atomic E-state index is 12.2. The standard InChI is InChI=1S/C17H13NO8/c1-23-16(19)11-5-12(7-13(6-11)18(21)22)17(20)24-8-10-2-3-14-15(4-10)26-9-25-14/h2-7H,8-9H2,1H3. The molecule has 3 rings (SSSR count). The van der Waals surface area contributed by atoms with Gasteiger partial charge in [0.1, 0.15) is 6.61 Å². The molecule has 2 aromatic carbocycles. The zero-order valence-electron chi connectivity index (χ0n) is 13.6. The van der Waals surface area contributed by atoms with Crippen molar-refractivity contribution in [2.75, 3.05) is 13.9 Å². The highest BCUT2D eigenvalue weighted by atomic mass is 16.7. The second-order valence-electron chi connectivity index (χ2n) is 5.28. The van der Waals surface area contributed by atoms with Crippen molar-refractivity contribution in [3.8, 4) is 11.5 Å². The molecule has 1 heterocycles. The van der Waals surface area contributed by atoms with Gasteiger partial charge >= 0.3 is 11.9 Å². The van der Waals surface area contributed by atoms with Crippen LogP contribution in [-0.2, 0) is 16.1 Å². The van der Waals surface area contributed by atoms with Crippen LogP contribution in [0.25, 0.3) is 0 Å². The van der Waals surface area contributed by atoms with E-state index in [0.29, 0.717) is 17.1 Å². The zero-order chi connectivity index (χ0) is 18.7. The largest absolute Gasteiger partial charge is 0.465 e. The SMILES string of the molecule is COC(=O)c1cc(C(=O)OCc2ccc3c(c2)OCO3)cc([N+](=O)[O-])c1. The zero-order valence-corrected chi connectivity index (χ0v) is 13.6. The Kier molecular flexibility index (Phi) is 4.70. The Morgan fingerprint density at radius 2 is 1.77 bits per heavy atom. The van der Waals surface area contributed by atoms with E-state index in [1.165, 1.54) is 6.07 Å². The predicted octanol–water partition coefficient (Wildman–Crippen LogP) is 2.47. The van der Waals surface area contributed by atoms with E-state index in [1.807, 2.05) is 0 Å². The third-order valence-corrected chi connectivity index (χ3v) is 3.59. The van der Waals surface area contributed by atoms with E-state index in [9.17, 15) is 19.7 Å². The summed E-state index contributed by atoms with van der Waals surface area (Å²) in [6, 6.07) is 8.31. The molecule has 9 heteroatoms. The molecule has 1 aliphatic rings.